The molecule has 0 saturated carbocycles. The third kappa shape index (κ3) is 3.30. The van der Waals surface area contributed by atoms with Gasteiger partial charge in [-0.1, -0.05) is 0 Å². The van der Waals surface area contributed by atoms with Crippen LogP contribution in [0.15, 0.2) is 6.20 Å². The summed E-state index contributed by atoms with van der Waals surface area (Å²) in [5, 5.41) is 7.70. The third-order valence-electron chi connectivity index (χ3n) is 2.72. The van der Waals surface area contributed by atoms with E-state index in [0.717, 1.165) is 17.8 Å². The molecule has 3 N–H and O–H groups in total. The maximum Gasteiger partial charge on any atom is 0.0667 e. The summed E-state index contributed by atoms with van der Waals surface area (Å²) in [6.07, 6.45) is 2.20. The largest absolute Gasteiger partial charge is 0.380 e. The predicted octanol–water partition coefficient (Wildman–Crippen LogP) is 0.353. The van der Waals surface area contributed by atoms with Gasteiger partial charge in [0.1, 0.15) is 0 Å². The van der Waals surface area contributed by atoms with Crippen LogP contribution in [-0.2, 0) is 11.8 Å². The minimum Gasteiger partial charge on any atom is -0.380 e. The van der Waals surface area contributed by atoms with Crippen molar-refractivity contribution in [1.29, 1.82) is 0 Å². The molecule has 2 atom stereocenters. The van der Waals surface area contributed by atoms with E-state index in [-0.39, 0.29) is 12.1 Å². The molecule has 16 heavy (non-hydrogen) atoms. The van der Waals surface area contributed by atoms with Gasteiger partial charge in [0.05, 0.1) is 11.8 Å². The molecular formula is C11H22N4O. The van der Waals surface area contributed by atoms with Crippen LogP contribution in [0.3, 0.4) is 0 Å². The van der Waals surface area contributed by atoms with E-state index in [1.807, 2.05) is 31.8 Å². The van der Waals surface area contributed by atoms with Gasteiger partial charge < -0.3 is 15.8 Å². The first-order valence-corrected chi connectivity index (χ1v) is 5.54. The molecule has 0 aliphatic heterocycles. The zero-order chi connectivity index (χ0) is 12.1. The summed E-state index contributed by atoms with van der Waals surface area (Å²) in [6.45, 7) is 5.37. The fraction of sp³-hybridized carbons (Fsp3) is 0.727. The number of nitrogens with one attached hydrogen (secondary N) is 1. The number of rotatable bonds is 6. The second-order valence-electron chi connectivity index (χ2n) is 4.09. The zero-order valence-electron chi connectivity index (χ0n) is 10.5. The molecule has 0 fully saturated rings. The molecule has 0 aliphatic rings. The summed E-state index contributed by atoms with van der Waals surface area (Å²) < 4.78 is 7.01. The van der Waals surface area contributed by atoms with E-state index >= 15 is 0 Å². The Balaban J connectivity index is 2.64. The van der Waals surface area contributed by atoms with Crippen LogP contribution in [0.4, 0.5) is 0 Å². The molecule has 0 bridgehead atoms. The Morgan fingerprint density at radius 2 is 2.31 bits per heavy atom. The van der Waals surface area contributed by atoms with Crippen molar-refractivity contribution < 1.29 is 4.74 Å². The molecule has 2 unspecified atom stereocenters. The van der Waals surface area contributed by atoms with Crippen LogP contribution in [-0.4, -0.2) is 36.1 Å². The summed E-state index contributed by atoms with van der Waals surface area (Å²) in [5.41, 5.74) is 7.95. The fourth-order valence-corrected chi connectivity index (χ4v) is 1.67. The van der Waals surface area contributed by atoms with Crippen LogP contribution < -0.4 is 11.1 Å². The molecule has 0 aromatic carbocycles. The molecule has 5 nitrogen and oxygen atoms in total. The van der Waals surface area contributed by atoms with Gasteiger partial charge in [-0.3, -0.25) is 4.68 Å². The number of hydrogen-bond acceptors (Lipinski definition) is 4. The molecule has 0 spiro atoms. The molecule has 1 aromatic heterocycles. The Labute approximate surface area is 97.0 Å². The second-order valence-corrected chi connectivity index (χ2v) is 4.09. The minimum absolute atomic E-state index is 0.145. The number of ether oxygens (including phenoxy) is 1. The highest BCUT2D eigenvalue weighted by Crippen LogP contribution is 2.15. The lowest BCUT2D eigenvalue weighted by Gasteiger charge is -2.18. The van der Waals surface area contributed by atoms with Crippen molar-refractivity contribution in [3.8, 4) is 0 Å². The van der Waals surface area contributed by atoms with Crippen LogP contribution in [0, 0.1) is 6.92 Å². The minimum atomic E-state index is 0.145. The van der Waals surface area contributed by atoms with Crippen LogP contribution >= 0.6 is 0 Å². The van der Waals surface area contributed by atoms with Crippen molar-refractivity contribution in [2.45, 2.75) is 26.0 Å². The molecule has 1 aromatic rings. The van der Waals surface area contributed by atoms with Crippen LogP contribution in [0.2, 0.25) is 0 Å². The van der Waals surface area contributed by atoms with Crippen LogP contribution in [0.5, 0.6) is 0 Å². The number of nitrogens with two attached hydrogens (primary N) is 1. The zero-order valence-corrected chi connectivity index (χ0v) is 10.5. The van der Waals surface area contributed by atoms with Gasteiger partial charge in [-0.25, -0.2) is 0 Å². The highest BCUT2D eigenvalue weighted by molar-refractivity contribution is 5.20. The Bertz CT molecular complexity index is 324. The van der Waals surface area contributed by atoms with E-state index in [1.54, 1.807) is 7.11 Å². The Hall–Kier alpha value is -0.910. The van der Waals surface area contributed by atoms with Crippen molar-refractivity contribution in [1.82, 2.24) is 15.1 Å². The Morgan fingerprint density at radius 1 is 1.62 bits per heavy atom. The van der Waals surface area contributed by atoms with Crippen molar-refractivity contribution in [2.24, 2.45) is 12.8 Å². The molecule has 0 amide bonds. The third-order valence-corrected chi connectivity index (χ3v) is 2.72. The molecule has 1 heterocycles. The van der Waals surface area contributed by atoms with Gasteiger partial charge in [0.2, 0.25) is 0 Å². The van der Waals surface area contributed by atoms with Crippen LogP contribution in [0.25, 0.3) is 0 Å². The topological polar surface area (TPSA) is 65.1 Å². The predicted molar refractivity (Wildman–Crippen MR) is 64.2 cm³/mol. The molecule has 1 rings (SSSR count). The SMILES string of the molecule is COC(C)CNC(CN)c1cn(C)nc1C. The highest BCUT2D eigenvalue weighted by atomic mass is 16.5. The first-order valence-electron chi connectivity index (χ1n) is 5.54. The van der Waals surface area contributed by atoms with E-state index < -0.39 is 0 Å². The molecule has 0 radical (unpaired) electrons. The number of hydrogen-bond donors (Lipinski definition) is 2. The van der Waals surface area contributed by atoms with Crippen LogP contribution in [0.1, 0.15) is 24.2 Å². The average molecular weight is 226 g/mol. The van der Waals surface area contributed by atoms with Gasteiger partial charge >= 0.3 is 0 Å². The monoisotopic (exact) mass is 226 g/mol. The van der Waals surface area contributed by atoms with Gasteiger partial charge in [0, 0.05) is 45.0 Å². The highest BCUT2D eigenvalue weighted by Gasteiger charge is 2.15. The summed E-state index contributed by atoms with van der Waals surface area (Å²) in [5.74, 6) is 0. The maximum absolute atomic E-state index is 5.77. The lowest BCUT2D eigenvalue weighted by molar-refractivity contribution is 0.114. The number of methoxy groups -OCH3 is 1. The van der Waals surface area contributed by atoms with Gasteiger partial charge in [0.15, 0.2) is 0 Å². The second kappa shape index (κ2) is 5.98. The normalized spacial score (nSPS) is 15.1. The molecule has 5 heteroatoms. The standard InChI is InChI=1S/C11H22N4O/c1-8(16-4)6-13-11(5-12)10-7-15(3)14-9(10)2/h7-8,11,13H,5-6,12H2,1-4H3. The molecule has 0 saturated heterocycles. The van der Waals surface area contributed by atoms with Gasteiger partial charge in [-0.2, -0.15) is 5.10 Å². The lowest BCUT2D eigenvalue weighted by atomic mass is 10.1. The molecule has 92 valence electrons. The first-order chi connectivity index (χ1) is 7.58. The molecule has 0 aliphatic carbocycles. The molecular weight excluding hydrogens is 204 g/mol. The summed E-state index contributed by atoms with van der Waals surface area (Å²) in [6, 6.07) is 0.145. The smallest absolute Gasteiger partial charge is 0.0667 e. The van der Waals surface area contributed by atoms with Gasteiger partial charge in [-0.15, -0.1) is 0 Å². The number of nitrogens with zero attached hydrogens (tertiary/aromatic N) is 2. The maximum atomic E-state index is 5.77. The fourth-order valence-electron chi connectivity index (χ4n) is 1.67. The van der Waals surface area contributed by atoms with E-state index in [9.17, 15) is 0 Å². The lowest BCUT2D eigenvalue weighted by Crippen LogP contribution is -2.34. The Kier molecular flexibility index (Phi) is 4.92. The van der Waals surface area contributed by atoms with Crippen molar-refractivity contribution >= 4 is 0 Å². The van der Waals surface area contributed by atoms with Crippen molar-refractivity contribution in [2.75, 3.05) is 20.2 Å². The van der Waals surface area contributed by atoms with Crippen molar-refractivity contribution in [3.05, 3.63) is 17.5 Å². The average Bonchev–Trinajstić information content (AvgIpc) is 2.59. The number of aromatic nitrogens is 2. The summed E-state index contributed by atoms with van der Waals surface area (Å²) in [4.78, 5) is 0. The quantitative estimate of drug-likeness (QED) is 0.735. The number of aryl methyl sites for hydroxylation is 2. The first kappa shape index (κ1) is 13.2. The van der Waals surface area contributed by atoms with E-state index in [1.165, 1.54) is 0 Å². The van der Waals surface area contributed by atoms with E-state index in [0.29, 0.717) is 6.54 Å². The van der Waals surface area contributed by atoms with E-state index in [2.05, 4.69) is 10.4 Å². The Morgan fingerprint density at radius 3 is 2.75 bits per heavy atom. The van der Waals surface area contributed by atoms with E-state index in [4.69, 9.17) is 10.5 Å². The summed E-state index contributed by atoms with van der Waals surface area (Å²) >= 11 is 0. The van der Waals surface area contributed by atoms with Gasteiger partial charge in [-0.05, 0) is 13.8 Å². The van der Waals surface area contributed by atoms with Gasteiger partial charge in [0.25, 0.3) is 0 Å². The van der Waals surface area contributed by atoms with Crippen molar-refractivity contribution in [3.63, 3.8) is 0 Å². The summed E-state index contributed by atoms with van der Waals surface area (Å²) in [7, 11) is 3.63.